The second-order valence-electron chi connectivity index (χ2n) is 7.20. The minimum absolute atomic E-state index is 0.106. The molecule has 0 amide bonds. The number of hydrogen-bond donors (Lipinski definition) is 3. The molecular weight excluding hydrogens is 366 g/mol. The summed E-state index contributed by atoms with van der Waals surface area (Å²) in [5, 5.41) is 29.0. The third-order valence-electron chi connectivity index (χ3n) is 4.96. The van der Waals surface area contributed by atoms with Crippen molar-refractivity contribution in [3.63, 3.8) is 0 Å². The van der Waals surface area contributed by atoms with Gasteiger partial charge in [0, 0.05) is 42.2 Å². The first-order valence-electron chi connectivity index (χ1n) is 9.58. The molecule has 1 aliphatic carbocycles. The molecule has 1 aliphatic rings. The van der Waals surface area contributed by atoms with E-state index in [1.807, 2.05) is 12.1 Å². The van der Waals surface area contributed by atoms with Gasteiger partial charge in [0.05, 0.1) is 12.2 Å². The number of Topliss-reactive ketones (excluding diaryl/α,β-unsaturated/α-hetero) is 1. The molecule has 150 valence electrons. The highest BCUT2D eigenvalue weighted by molar-refractivity contribution is 8.00. The van der Waals surface area contributed by atoms with E-state index in [4.69, 9.17) is 5.11 Å². The number of carboxylic acid groups (broad SMARTS) is 1. The summed E-state index contributed by atoms with van der Waals surface area (Å²) in [7, 11) is 0. The fourth-order valence-electron chi connectivity index (χ4n) is 3.54. The number of carbonyl (C=O) groups excluding carboxylic acids is 1. The van der Waals surface area contributed by atoms with Gasteiger partial charge in [0.2, 0.25) is 0 Å². The number of carbonyl (C=O) groups is 2. The van der Waals surface area contributed by atoms with Crippen LogP contribution in [0.4, 0.5) is 0 Å². The molecule has 1 aromatic rings. The summed E-state index contributed by atoms with van der Waals surface area (Å²) in [4.78, 5) is 26.7. The second kappa shape index (κ2) is 11.4. The van der Waals surface area contributed by atoms with Gasteiger partial charge in [0.15, 0.2) is 0 Å². The summed E-state index contributed by atoms with van der Waals surface area (Å²) in [6.07, 6.45) is 7.12. The molecule has 0 saturated heterocycles. The smallest absolute Gasteiger partial charge is 0.303 e. The van der Waals surface area contributed by atoms with Crippen LogP contribution in [0, 0.1) is 5.92 Å². The molecule has 0 spiro atoms. The number of thioether (sulfide) groups is 1. The van der Waals surface area contributed by atoms with Gasteiger partial charge in [-0.3, -0.25) is 14.6 Å². The lowest BCUT2D eigenvalue weighted by molar-refractivity contribution is -0.137. The highest BCUT2D eigenvalue weighted by Crippen LogP contribution is 2.36. The molecule has 2 unspecified atom stereocenters. The van der Waals surface area contributed by atoms with Gasteiger partial charge in [0.1, 0.15) is 5.78 Å². The normalized spacial score (nSPS) is 23.5. The van der Waals surface area contributed by atoms with Crippen molar-refractivity contribution in [2.75, 3.05) is 5.75 Å². The van der Waals surface area contributed by atoms with Gasteiger partial charge in [-0.15, -0.1) is 0 Å². The monoisotopic (exact) mass is 395 g/mol. The molecule has 3 N–H and O–H groups in total. The summed E-state index contributed by atoms with van der Waals surface area (Å²) >= 11 is 1.49. The van der Waals surface area contributed by atoms with Crippen LogP contribution in [0.5, 0.6) is 0 Å². The number of aliphatic hydroxyl groups excluding tert-OH is 2. The third kappa shape index (κ3) is 7.60. The van der Waals surface area contributed by atoms with E-state index in [0.717, 1.165) is 31.2 Å². The van der Waals surface area contributed by atoms with E-state index in [1.165, 1.54) is 11.8 Å². The largest absolute Gasteiger partial charge is 0.481 e. The maximum atomic E-state index is 12.2. The maximum absolute atomic E-state index is 12.2. The topological polar surface area (TPSA) is 108 Å². The fourth-order valence-corrected chi connectivity index (χ4v) is 4.94. The van der Waals surface area contributed by atoms with Crippen molar-refractivity contribution < 1.29 is 24.9 Å². The van der Waals surface area contributed by atoms with Crippen molar-refractivity contribution in [2.24, 2.45) is 5.92 Å². The number of carboxylic acids is 1. The molecule has 0 aliphatic heterocycles. The van der Waals surface area contributed by atoms with Gasteiger partial charge in [-0.1, -0.05) is 19.3 Å². The van der Waals surface area contributed by atoms with Gasteiger partial charge < -0.3 is 15.3 Å². The van der Waals surface area contributed by atoms with E-state index in [-0.39, 0.29) is 29.8 Å². The van der Waals surface area contributed by atoms with Crippen LogP contribution in [0.25, 0.3) is 0 Å². The van der Waals surface area contributed by atoms with Crippen LogP contribution in [0.3, 0.4) is 0 Å². The van der Waals surface area contributed by atoms with Crippen LogP contribution >= 0.6 is 11.8 Å². The van der Waals surface area contributed by atoms with E-state index in [2.05, 4.69) is 4.98 Å². The molecule has 1 heterocycles. The first-order chi connectivity index (χ1) is 13.0. The van der Waals surface area contributed by atoms with Crippen LogP contribution in [0.15, 0.2) is 24.5 Å². The maximum Gasteiger partial charge on any atom is 0.303 e. The van der Waals surface area contributed by atoms with Crippen molar-refractivity contribution in [2.45, 2.75) is 68.8 Å². The van der Waals surface area contributed by atoms with Crippen molar-refractivity contribution in [1.29, 1.82) is 0 Å². The van der Waals surface area contributed by atoms with E-state index in [0.29, 0.717) is 18.6 Å². The summed E-state index contributed by atoms with van der Waals surface area (Å²) in [5.74, 6) is -0.357. The van der Waals surface area contributed by atoms with Crippen LogP contribution < -0.4 is 0 Å². The lowest BCUT2D eigenvalue weighted by atomic mass is 9.98. The van der Waals surface area contributed by atoms with E-state index in [9.17, 15) is 19.8 Å². The Kier molecular flexibility index (Phi) is 9.24. The zero-order valence-electron chi connectivity index (χ0n) is 15.5. The van der Waals surface area contributed by atoms with Crippen molar-refractivity contribution in [3.8, 4) is 0 Å². The Morgan fingerprint density at radius 1 is 1.22 bits per heavy atom. The van der Waals surface area contributed by atoms with Crippen LogP contribution in [-0.4, -0.2) is 55.3 Å². The molecule has 1 fully saturated rings. The number of rotatable bonds is 12. The number of aliphatic carboxylic acids is 1. The van der Waals surface area contributed by atoms with Crippen molar-refractivity contribution in [3.05, 3.63) is 30.1 Å². The van der Waals surface area contributed by atoms with Gasteiger partial charge in [0.25, 0.3) is 0 Å². The second-order valence-corrected chi connectivity index (χ2v) is 8.41. The quantitative estimate of drug-likeness (QED) is 0.467. The molecule has 2 rings (SSSR count). The predicted molar refractivity (Wildman–Crippen MR) is 105 cm³/mol. The summed E-state index contributed by atoms with van der Waals surface area (Å²) in [6, 6.07) is 3.74. The van der Waals surface area contributed by atoms with E-state index < -0.39 is 18.2 Å². The number of pyridine rings is 1. The van der Waals surface area contributed by atoms with Crippen LogP contribution in [0.1, 0.15) is 50.5 Å². The third-order valence-corrected chi connectivity index (χ3v) is 6.56. The highest BCUT2D eigenvalue weighted by Gasteiger charge is 2.41. The minimum atomic E-state index is -0.772. The Balaban J connectivity index is 1.73. The first-order valence-corrected chi connectivity index (χ1v) is 10.6. The number of hydrogen-bond acceptors (Lipinski definition) is 6. The molecule has 0 aromatic carbocycles. The molecule has 0 bridgehead atoms. The summed E-state index contributed by atoms with van der Waals surface area (Å²) < 4.78 is 0. The zero-order valence-corrected chi connectivity index (χ0v) is 16.3. The first kappa shape index (κ1) is 21.9. The van der Waals surface area contributed by atoms with Gasteiger partial charge in [-0.2, -0.15) is 11.8 Å². The highest BCUT2D eigenvalue weighted by atomic mass is 32.2. The van der Waals surface area contributed by atoms with Gasteiger partial charge in [-0.25, -0.2) is 0 Å². The Bertz CT molecular complexity index is 597. The van der Waals surface area contributed by atoms with E-state index in [1.54, 1.807) is 12.4 Å². The number of aromatic nitrogens is 1. The SMILES string of the molecule is O=C(O)CCCCCC[C@H]1C(=O)CC(O)[C@@H]1SCC(O)Cc1ccncc1. The number of aliphatic hydroxyl groups is 2. The Morgan fingerprint density at radius 3 is 2.63 bits per heavy atom. The Labute approximate surface area is 164 Å². The molecule has 7 heteroatoms. The average Bonchev–Trinajstić information content (AvgIpc) is 2.89. The van der Waals surface area contributed by atoms with Gasteiger partial charge >= 0.3 is 5.97 Å². The number of nitrogens with zero attached hydrogens (tertiary/aromatic N) is 1. The number of ketones is 1. The predicted octanol–water partition coefficient (Wildman–Crippen LogP) is 2.46. The molecule has 1 aromatic heterocycles. The van der Waals surface area contributed by atoms with Crippen molar-refractivity contribution >= 4 is 23.5 Å². The molecule has 1 saturated carbocycles. The molecule has 6 nitrogen and oxygen atoms in total. The molecular formula is C20H29NO5S. The molecule has 0 radical (unpaired) electrons. The van der Waals surface area contributed by atoms with E-state index >= 15 is 0 Å². The molecule has 27 heavy (non-hydrogen) atoms. The van der Waals surface area contributed by atoms with Crippen molar-refractivity contribution in [1.82, 2.24) is 4.98 Å². The zero-order chi connectivity index (χ0) is 19.6. The summed E-state index contributed by atoms with van der Waals surface area (Å²) in [5.41, 5.74) is 1.01. The summed E-state index contributed by atoms with van der Waals surface area (Å²) in [6.45, 7) is 0. The standard InChI is InChI=1S/C20H29NO5S/c22-15(11-14-7-9-21-10-8-14)13-27-20-16(17(23)12-18(20)24)5-3-1-2-4-6-19(25)26/h7-10,15-16,18,20,22,24H,1-6,11-13H2,(H,25,26)/t15?,16-,18?,20+/m0/s1. The number of unbranched alkanes of at least 4 members (excludes halogenated alkanes) is 3. The average molecular weight is 396 g/mol. The van der Waals surface area contributed by atoms with Gasteiger partial charge in [-0.05, 0) is 37.0 Å². The van der Waals surface area contributed by atoms with Crippen LogP contribution in [0.2, 0.25) is 0 Å². The fraction of sp³-hybridized carbons (Fsp3) is 0.650. The Morgan fingerprint density at radius 2 is 1.93 bits per heavy atom. The minimum Gasteiger partial charge on any atom is -0.481 e. The lowest BCUT2D eigenvalue weighted by Crippen LogP contribution is -2.26. The Hall–Kier alpha value is -1.44. The van der Waals surface area contributed by atoms with Crippen LogP contribution in [-0.2, 0) is 16.0 Å². The molecule has 4 atom stereocenters. The lowest BCUT2D eigenvalue weighted by Gasteiger charge is -2.22.